The van der Waals surface area contributed by atoms with Gasteiger partial charge in [-0.15, -0.1) is 0 Å². The monoisotopic (exact) mass is 316 g/mol. The Morgan fingerprint density at radius 1 is 1.04 bits per heavy atom. The normalized spacial score (nSPS) is 24.3. The number of aliphatic hydroxyl groups excluding tert-OH is 1. The van der Waals surface area contributed by atoms with Crippen molar-refractivity contribution in [2.45, 2.75) is 24.5 Å². The summed E-state index contributed by atoms with van der Waals surface area (Å²) in [6.45, 7) is 0.236. The number of phenols is 2. The Labute approximate surface area is 134 Å². The van der Waals surface area contributed by atoms with Crippen LogP contribution in [0.25, 0.3) is 0 Å². The molecule has 5 nitrogen and oxygen atoms in total. The van der Waals surface area contributed by atoms with Crippen LogP contribution in [0, 0.1) is 0 Å². The first-order valence-electron chi connectivity index (χ1n) is 7.54. The quantitative estimate of drug-likeness (QED) is 0.811. The molecule has 0 aromatic heterocycles. The zero-order valence-corrected chi connectivity index (χ0v) is 12.8. The summed E-state index contributed by atoms with van der Waals surface area (Å²) < 4.78 is 10.9. The van der Waals surface area contributed by atoms with Gasteiger partial charge >= 0.3 is 0 Å². The van der Waals surface area contributed by atoms with Gasteiger partial charge in [0.25, 0.3) is 0 Å². The Morgan fingerprint density at radius 3 is 2.43 bits per heavy atom. The minimum atomic E-state index is -0.613. The fraction of sp³-hybridized carbons (Fsp3) is 0.333. The highest BCUT2D eigenvalue weighted by Crippen LogP contribution is 2.40. The van der Waals surface area contributed by atoms with Crippen LogP contribution >= 0.6 is 0 Å². The SMILES string of the molecule is COc1cc([C@@H]2C[C@H](c3ccc(O)cc3)OC[C@H]2O)ccc1O. The molecule has 2 aromatic carbocycles. The molecule has 1 saturated heterocycles. The largest absolute Gasteiger partial charge is 0.508 e. The predicted molar refractivity (Wildman–Crippen MR) is 84.8 cm³/mol. The molecule has 0 unspecified atom stereocenters. The molecule has 122 valence electrons. The molecule has 0 bridgehead atoms. The fourth-order valence-electron chi connectivity index (χ4n) is 2.99. The Bertz CT molecular complexity index is 668. The highest BCUT2D eigenvalue weighted by atomic mass is 16.5. The first-order valence-corrected chi connectivity index (χ1v) is 7.54. The zero-order chi connectivity index (χ0) is 16.4. The predicted octanol–water partition coefficient (Wildman–Crippen LogP) is 2.71. The lowest BCUT2D eigenvalue weighted by Crippen LogP contribution is -2.32. The van der Waals surface area contributed by atoms with Gasteiger partial charge in [0, 0.05) is 5.92 Å². The molecule has 1 heterocycles. The van der Waals surface area contributed by atoms with Crippen LogP contribution in [0.5, 0.6) is 17.2 Å². The van der Waals surface area contributed by atoms with E-state index in [4.69, 9.17) is 9.47 Å². The van der Waals surface area contributed by atoms with Crippen LogP contribution < -0.4 is 4.74 Å². The third kappa shape index (κ3) is 3.25. The Morgan fingerprint density at radius 2 is 1.74 bits per heavy atom. The minimum absolute atomic E-state index is 0.0767. The summed E-state index contributed by atoms with van der Waals surface area (Å²) in [4.78, 5) is 0. The van der Waals surface area contributed by atoms with Crippen molar-refractivity contribution in [3.05, 3.63) is 53.6 Å². The smallest absolute Gasteiger partial charge is 0.160 e. The third-order valence-corrected chi connectivity index (χ3v) is 4.30. The van der Waals surface area contributed by atoms with Crippen LogP contribution in [-0.2, 0) is 4.74 Å². The van der Waals surface area contributed by atoms with Gasteiger partial charge in [-0.25, -0.2) is 0 Å². The summed E-state index contributed by atoms with van der Waals surface area (Å²) in [6, 6.07) is 12.0. The van der Waals surface area contributed by atoms with E-state index < -0.39 is 6.10 Å². The van der Waals surface area contributed by atoms with Gasteiger partial charge in [-0.2, -0.15) is 0 Å². The van der Waals surface area contributed by atoms with Crippen molar-refractivity contribution in [3.8, 4) is 17.2 Å². The third-order valence-electron chi connectivity index (χ3n) is 4.30. The lowest BCUT2D eigenvalue weighted by atomic mass is 9.84. The van der Waals surface area contributed by atoms with Crippen LogP contribution in [0.1, 0.15) is 29.6 Å². The average Bonchev–Trinajstić information content (AvgIpc) is 2.57. The highest BCUT2D eigenvalue weighted by Gasteiger charge is 2.32. The molecular formula is C18H20O5. The van der Waals surface area contributed by atoms with Crippen molar-refractivity contribution in [2.75, 3.05) is 13.7 Å². The number of aromatic hydroxyl groups is 2. The van der Waals surface area contributed by atoms with Gasteiger partial charge in [0.2, 0.25) is 0 Å². The van der Waals surface area contributed by atoms with E-state index in [1.807, 2.05) is 12.1 Å². The first-order chi connectivity index (χ1) is 11.1. The molecule has 0 spiro atoms. The molecule has 3 rings (SSSR count). The summed E-state index contributed by atoms with van der Waals surface area (Å²) in [6.07, 6.45) is -0.152. The van der Waals surface area contributed by atoms with Gasteiger partial charge in [0.1, 0.15) is 5.75 Å². The van der Waals surface area contributed by atoms with Crippen molar-refractivity contribution >= 4 is 0 Å². The maximum absolute atomic E-state index is 10.3. The summed E-state index contributed by atoms with van der Waals surface area (Å²) >= 11 is 0. The lowest BCUT2D eigenvalue weighted by molar-refractivity contribution is -0.0699. The standard InChI is InChI=1S/C18H20O5/c1-22-18-8-12(4-7-15(18)20)14-9-17(23-10-16(14)21)11-2-5-13(19)6-3-11/h2-8,14,16-17,19-21H,9-10H2,1H3/t14-,16+,17+/m0/s1. The lowest BCUT2D eigenvalue weighted by Gasteiger charge is -2.34. The molecule has 0 aliphatic carbocycles. The molecule has 1 fully saturated rings. The minimum Gasteiger partial charge on any atom is -0.508 e. The molecule has 1 aliphatic rings. The fourth-order valence-corrected chi connectivity index (χ4v) is 2.99. The van der Waals surface area contributed by atoms with E-state index in [-0.39, 0.29) is 30.1 Å². The first kappa shape index (κ1) is 15.6. The average molecular weight is 316 g/mol. The van der Waals surface area contributed by atoms with Gasteiger partial charge in [0.15, 0.2) is 11.5 Å². The van der Waals surface area contributed by atoms with Gasteiger partial charge in [0.05, 0.1) is 25.9 Å². The Kier molecular flexibility index (Phi) is 4.41. The van der Waals surface area contributed by atoms with Crippen molar-refractivity contribution in [1.82, 2.24) is 0 Å². The molecular weight excluding hydrogens is 296 g/mol. The van der Waals surface area contributed by atoms with Crippen LogP contribution in [0.3, 0.4) is 0 Å². The second-order valence-corrected chi connectivity index (χ2v) is 5.75. The van der Waals surface area contributed by atoms with Crippen LogP contribution in [-0.4, -0.2) is 35.1 Å². The Hall–Kier alpha value is -2.24. The number of aliphatic hydroxyl groups is 1. The van der Waals surface area contributed by atoms with Gasteiger partial charge < -0.3 is 24.8 Å². The molecule has 3 atom stereocenters. The van der Waals surface area contributed by atoms with Crippen LogP contribution in [0.2, 0.25) is 0 Å². The van der Waals surface area contributed by atoms with Crippen molar-refractivity contribution in [2.24, 2.45) is 0 Å². The van der Waals surface area contributed by atoms with Crippen LogP contribution in [0.15, 0.2) is 42.5 Å². The molecule has 0 radical (unpaired) electrons. The summed E-state index contributed by atoms with van der Waals surface area (Å²) in [5.74, 6) is 0.566. The molecule has 1 aliphatic heterocycles. The number of methoxy groups -OCH3 is 1. The topological polar surface area (TPSA) is 79.2 Å². The molecule has 0 amide bonds. The van der Waals surface area contributed by atoms with E-state index in [2.05, 4.69) is 0 Å². The van der Waals surface area contributed by atoms with Crippen LogP contribution in [0.4, 0.5) is 0 Å². The summed E-state index contributed by atoms with van der Waals surface area (Å²) in [5, 5.41) is 29.4. The van der Waals surface area contributed by atoms with E-state index >= 15 is 0 Å². The zero-order valence-electron chi connectivity index (χ0n) is 12.8. The van der Waals surface area contributed by atoms with E-state index in [0.29, 0.717) is 12.2 Å². The van der Waals surface area contributed by atoms with E-state index in [9.17, 15) is 15.3 Å². The van der Waals surface area contributed by atoms with E-state index in [1.165, 1.54) is 7.11 Å². The maximum atomic E-state index is 10.3. The van der Waals surface area contributed by atoms with E-state index in [1.54, 1.807) is 30.3 Å². The second-order valence-electron chi connectivity index (χ2n) is 5.75. The number of ether oxygens (including phenoxy) is 2. The number of rotatable bonds is 3. The van der Waals surface area contributed by atoms with Gasteiger partial charge in [-0.1, -0.05) is 18.2 Å². The number of hydrogen-bond donors (Lipinski definition) is 3. The highest BCUT2D eigenvalue weighted by molar-refractivity contribution is 5.43. The van der Waals surface area contributed by atoms with Crippen molar-refractivity contribution in [1.29, 1.82) is 0 Å². The molecule has 23 heavy (non-hydrogen) atoms. The molecule has 0 saturated carbocycles. The van der Waals surface area contributed by atoms with Gasteiger partial charge in [-0.05, 0) is 41.8 Å². The molecule has 2 aromatic rings. The maximum Gasteiger partial charge on any atom is 0.160 e. The second kappa shape index (κ2) is 6.48. The van der Waals surface area contributed by atoms with E-state index in [0.717, 1.165) is 11.1 Å². The number of hydrogen-bond acceptors (Lipinski definition) is 5. The van der Waals surface area contributed by atoms with Gasteiger partial charge in [-0.3, -0.25) is 0 Å². The van der Waals surface area contributed by atoms with Crippen molar-refractivity contribution in [3.63, 3.8) is 0 Å². The summed E-state index contributed by atoms with van der Waals surface area (Å²) in [7, 11) is 1.50. The summed E-state index contributed by atoms with van der Waals surface area (Å²) in [5.41, 5.74) is 1.87. The Balaban J connectivity index is 1.84. The molecule has 3 N–H and O–H groups in total. The van der Waals surface area contributed by atoms with Crippen molar-refractivity contribution < 1.29 is 24.8 Å². The molecule has 5 heteroatoms. The number of phenolic OH excluding ortho intramolecular Hbond substituents is 2. The number of benzene rings is 2.